The molecular formula is C55H35NO. The molecule has 0 bridgehead atoms. The zero-order valence-corrected chi connectivity index (χ0v) is 30.8. The van der Waals surface area contributed by atoms with Crippen molar-refractivity contribution < 1.29 is 9.90 Å². The maximum Gasteiger partial charge on any atom is 0.136 e. The zero-order valence-electron chi connectivity index (χ0n) is 34.8. The normalized spacial score (nSPS) is 14.0. The molecule has 0 saturated heterocycles. The Hall–Kier alpha value is -7.42. The molecular weight excluding hydrogens is 691 g/mol. The minimum atomic E-state index is -0.613. The van der Waals surface area contributed by atoms with E-state index in [4.69, 9.17) is 5.79 Å². The van der Waals surface area contributed by atoms with Crippen LogP contribution in [0.15, 0.2) is 217 Å². The van der Waals surface area contributed by atoms with Crippen molar-refractivity contribution in [1.82, 2.24) is 0 Å². The molecule has 10 aromatic rings. The molecule has 0 radical (unpaired) electrons. The molecule has 0 amide bonds. The first kappa shape index (κ1) is 28.1. The molecule has 2 aliphatic rings. The van der Waals surface area contributed by atoms with E-state index < -0.39 is 5.41 Å². The van der Waals surface area contributed by atoms with Crippen LogP contribution in [0, 0.1) is 0 Å². The Kier molecular flexibility index (Phi) is 6.05. The van der Waals surface area contributed by atoms with Gasteiger partial charge in [0.05, 0.1) is 22.3 Å². The molecule has 0 atom stereocenters. The third kappa shape index (κ3) is 4.47. The minimum Gasteiger partial charge on any atom is -0.456 e. The second kappa shape index (κ2) is 12.3. The minimum absolute atomic E-state index is 0.122. The van der Waals surface area contributed by atoms with Crippen LogP contribution in [0.1, 0.15) is 27.7 Å². The van der Waals surface area contributed by atoms with Gasteiger partial charge in [0.25, 0.3) is 0 Å². The quantitative estimate of drug-likeness (QED) is 0.175. The zero-order chi connectivity index (χ0) is 41.0. The van der Waals surface area contributed by atoms with Gasteiger partial charge in [-0.15, -0.1) is 0 Å². The topological polar surface area (TPSA) is 16.4 Å². The standard InChI is InChI=1S/C55H35NO/c1-2-16-36(17-3-1)37-32-34-38(35-33-37)56(49-28-12-7-20-41(49)42-23-14-31-52-53(42)44-22-8-13-30-51(44)57-52)50-29-15-27-48-54(50)43-21-6-11-26-47(43)55(48)45-24-9-4-18-39(45)40-19-5-10-25-46(40)55/h1-35H/i7D,12D,20D,28D. The summed E-state index contributed by atoms with van der Waals surface area (Å²) in [6.07, 6.45) is 0. The number of benzene rings is 9. The molecule has 1 aromatic heterocycles. The van der Waals surface area contributed by atoms with E-state index in [0.717, 1.165) is 50.0 Å². The van der Waals surface area contributed by atoms with Gasteiger partial charge in [0.2, 0.25) is 0 Å². The highest BCUT2D eigenvalue weighted by molar-refractivity contribution is 6.14. The molecule has 0 aliphatic heterocycles. The van der Waals surface area contributed by atoms with E-state index in [1.807, 2.05) is 60.7 Å². The predicted molar refractivity (Wildman–Crippen MR) is 236 cm³/mol. The van der Waals surface area contributed by atoms with Crippen LogP contribution in [0.2, 0.25) is 0 Å². The summed E-state index contributed by atoms with van der Waals surface area (Å²) in [5, 5.41) is 1.67. The summed E-state index contributed by atoms with van der Waals surface area (Å²) in [6.45, 7) is 0. The van der Waals surface area contributed by atoms with E-state index in [-0.39, 0.29) is 24.2 Å². The van der Waals surface area contributed by atoms with Crippen LogP contribution in [0.5, 0.6) is 0 Å². The van der Waals surface area contributed by atoms with E-state index in [0.29, 0.717) is 28.0 Å². The maximum atomic E-state index is 9.90. The van der Waals surface area contributed by atoms with Crippen molar-refractivity contribution in [3.05, 3.63) is 234 Å². The highest BCUT2D eigenvalue weighted by Gasteiger charge is 2.52. The monoisotopic (exact) mass is 729 g/mol. The van der Waals surface area contributed by atoms with E-state index in [9.17, 15) is 4.11 Å². The van der Waals surface area contributed by atoms with Gasteiger partial charge in [-0.25, -0.2) is 0 Å². The van der Waals surface area contributed by atoms with Crippen molar-refractivity contribution in [3.8, 4) is 44.5 Å². The van der Waals surface area contributed by atoms with Crippen molar-refractivity contribution in [1.29, 1.82) is 0 Å². The first-order valence-electron chi connectivity index (χ1n) is 21.4. The number of para-hydroxylation sites is 2. The Balaban J connectivity index is 1.21. The number of anilines is 3. The average Bonchev–Trinajstić information content (AvgIpc) is 3.95. The number of hydrogen-bond donors (Lipinski definition) is 0. The van der Waals surface area contributed by atoms with Gasteiger partial charge in [-0.3, -0.25) is 0 Å². The van der Waals surface area contributed by atoms with Crippen molar-refractivity contribution in [3.63, 3.8) is 0 Å². The fraction of sp³-hybridized carbons (Fsp3) is 0.0182. The van der Waals surface area contributed by atoms with Gasteiger partial charge in [-0.05, 0) is 92.0 Å². The van der Waals surface area contributed by atoms with Gasteiger partial charge in [0.1, 0.15) is 11.2 Å². The molecule has 2 heteroatoms. The predicted octanol–water partition coefficient (Wildman–Crippen LogP) is 14.7. The van der Waals surface area contributed by atoms with Gasteiger partial charge in [0.15, 0.2) is 0 Å². The van der Waals surface area contributed by atoms with Crippen LogP contribution in [0.25, 0.3) is 66.4 Å². The van der Waals surface area contributed by atoms with Crippen LogP contribution in [0.4, 0.5) is 17.1 Å². The second-order valence-corrected chi connectivity index (χ2v) is 14.8. The van der Waals surface area contributed by atoms with Crippen molar-refractivity contribution in [2.75, 3.05) is 4.90 Å². The number of fused-ring (bicyclic) bond motifs is 13. The SMILES string of the molecule is [2H]c1c([2H])c([2H])c(N(c2ccc(-c3ccccc3)cc2)c2cccc3c2-c2ccccc2C32c3ccccc3-c3ccccc32)c(-c2cccc3oc4ccccc4c23)c1[2H]. The average molecular weight is 730 g/mol. The first-order chi connectivity index (χ1) is 30.0. The largest absolute Gasteiger partial charge is 0.456 e. The molecule has 9 aromatic carbocycles. The van der Waals surface area contributed by atoms with Crippen LogP contribution < -0.4 is 4.90 Å². The molecule has 12 rings (SSSR count). The molecule has 0 N–H and O–H groups in total. The Morgan fingerprint density at radius 1 is 0.404 bits per heavy atom. The molecule has 0 saturated carbocycles. The Morgan fingerprint density at radius 3 is 1.74 bits per heavy atom. The molecule has 1 spiro atoms. The lowest BCUT2D eigenvalue weighted by Crippen LogP contribution is -2.26. The Bertz CT molecular complexity index is 3380. The van der Waals surface area contributed by atoms with Gasteiger partial charge < -0.3 is 9.32 Å². The second-order valence-electron chi connectivity index (χ2n) is 14.8. The smallest absolute Gasteiger partial charge is 0.136 e. The van der Waals surface area contributed by atoms with E-state index in [1.165, 1.54) is 27.8 Å². The molecule has 2 aliphatic carbocycles. The third-order valence-corrected chi connectivity index (χ3v) is 12.0. The summed E-state index contributed by atoms with van der Waals surface area (Å²) in [5.41, 5.74) is 15.1. The van der Waals surface area contributed by atoms with Gasteiger partial charge in [-0.2, -0.15) is 0 Å². The molecule has 266 valence electrons. The molecule has 2 nitrogen and oxygen atoms in total. The number of hydrogen-bond acceptors (Lipinski definition) is 2. The summed E-state index contributed by atoms with van der Waals surface area (Å²) < 4.78 is 44.3. The van der Waals surface area contributed by atoms with Crippen molar-refractivity contribution >= 4 is 39.0 Å². The first-order valence-corrected chi connectivity index (χ1v) is 19.4. The summed E-state index contributed by atoms with van der Waals surface area (Å²) >= 11 is 0. The lowest BCUT2D eigenvalue weighted by molar-refractivity contribution is 0.669. The lowest BCUT2D eigenvalue weighted by atomic mass is 9.70. The molecule has 0 unspecified atom stereocenters. The summed E-state index contributed by atoms with van der Waals surface area (Å²) in [7, 11) is 0. The van der Waals surface area contributed by atoms with Gasteiger partial charge in [-0.1, -0.05) is 176 Å². The van der Waals surface area contributed by atoms with Gasteiger partial charge >= 0.3 is 0 Å². The van der Waals surface area contributed by atoms with Crippen LogP contribution in [-0.4, -0.2) is 0 Å². The molecule has 57 heavy (non-hydrogen) atoms. The molecule has 1 heterocycles. The highest BCUT2D eigenvalue weighted by Crippen LogP contribution is 2.64. The van der Waals surface area contributed by atoms with Crippen LogP contribution in [0.3, 0.4) is 0 Å². The summed E-state index contributed by atoms with van der Waals surface area (Å²) in [4.78, 5) is 2.07. The summed E-state index contributed by atoms with van der Waals surface area (Å²) in [6, 6.07) is 63.9. The van der Waals surface area contributed by atoms with E-state index in [1.54, 1.807) is 0 Å². The van der Waals surface area contributed by atoms with Gasteiger partial charge in [0, 0.05) is 27.6 Å². The number of nitrogens with zero attached hydrogens (tertiary/aromatic N) is 1. The van der Waals surface area contributed by atoms with Crippen molar-refractivity contribution in [2.45, 2.75) is 5.41 Å². The maximum absolute atomic E-state index is 9.90. The summed E-state index contributed by atoms with van der Waals surface area (Å²) in [5.74, 6) is 0. The number of furan rings is 1. The van der Waals surface area contributed by atoms with Crippen LogP contribution >= 0.6 is 0 Å². The third-order valence-electron chi connectivity index (χ3n) is 12.0. The van der Waals surface area contributed by atoms with E-state index in [2.05, 4.69) is 132 Å². The lowest BCUT2D eigenvalue weighted by Gasteiger charge is -2.32. The Labute approximate surface area is 337 Å². The fourth-order valence-electron chi connectivity index (χ4n) is 9.78. The highest BCUT2D eigenvalue weighted by atomic mass is 16.3. The Morgan fingerprint density at radius 2 is 0.965 bits per heavy atom. The fourth-order valence-corrected chi connectivity index (χ4v) is 9.78. The molecule has 0 fully saturated rings. The number of rotatable bonds is 5. The van der Waals surface area contributed by atoms with E-state index >= 15 is 0 Å². The van der Waals surface area contributed by atoms with Crippen molar-refractivity contribution in [2.24, 2.45) is 0 Å². The van der Waals surface area contributed by atoms with Crippen LogP contribution in [-0.2, 0) is 5.41 Å².